The normalized spacial score (nSPS) is 13.8. The highest BCUT2D eigenvalue weighted by molar-refractivity contribution is 5.95. The van der Waals surface area contributed by atoms with Gasteiger partial charge in [-0.1, -0.05) is 6.07 Å². The van der Waals surface area contributed by atoms with Crippen molar-refractivity contribution in [1.82, 2.24) is 9.88 Å². The van der Waals surface area contributed by atoms with Crippen LogP contribution in [0.3, 0.4) is 0 Å². The van der Waals surface area contributed by atoms with Crippen molar-refractivity contribution in [1.29, 1.82) is 0 Å². The zero-order valence-corrected chi connectivity index (χ0v) is 17.0. The largest absolute Gasteiger partial charge is 0.573 e. The predicted octanol–water partition coefficient (Wildman–Crippen LogP) is 4.08. The Hall–Kier alpha value is -4.15. The lowest BCUT2D eigenvalue weighted by Crippen LogP contribution is -2.60. The SMILES string of the molecule is O=C(Nc1ccc(OC(F)(F)F)cc1)NC1CN(c2cccc(C(=O)O)c2-n2cccc2)C1. The van der Waals surface area contributed by atoms with Crippen molar-refractivity contribution in [3.8, 4) is 11.4 Å². The number of carbonyl (C=O) groups is 2. The fourth-order valence-electron chi connectivity index (χ4n) is 3.57. The minimum absolute atomic E-state index is 0.163. The molecule has 0 bridgehead atoms. The molecule has 11 heteroatoms. The smallest absolute Gasteiger partial charge is 0.478 e. The minimum Gasteiger partial charge on any atom is -0.478 e. The van der Waals surface area contributed by atoms with Crippen LogP contribution in [0.4, 0.5) is 29.3 Å². The van der Waals surface area contributed by atoms with Crippen molar-refractivity contribution in [2.24, 2.45) is 0 Å². The van der Waals surface area contributed by atoms with Gasteiger partial charge in [-0.2, -0.15) is 0 Å². The van der Waals surface area contributed by atoms with Gasteiger partial charge >= 0.3 is 18.4 Å². The van der Waals surface area contributed by atoms with Gasteiger partial charge in [0.25, 0.3) is 0 Å². The summed E-state index contributed by atoms with van der Waals surface area (Å²) in [4.78, 5) is 25.9. The number of carboxylic acid groups (broad SMARTS) is 1. The molecule has 0 aliphatic carbocycles. The van der Waals surface area contributed by atoms with Crippen LogP contribution in [0.25, 0.3) is 5.69 Å². The van der Waals surface area contributed by atoms with Gasteiger partial charge in [0.15, 0.2) is 0 Å². The number of aromatic carboxylic acids is 1. The lowest BCUT2D eigenvalue weighted by atomic mass is 10.0. The summed E-state index contributed by atoms with van der Waals surface area (Å²) in [6, 6.07) is 12.7. The Kier molecular flexibility index (Phi) is 5.86. The van der Waals surface area contributed by atoms with Gasteiger partial charge in [-0.25, -0.2) is 9.59 Å². The van der Waals surface area contributed by atoms with E-state index in [9.17, 15) is 27.9 Å². The number of hydrogen-bond donors (Lipinski definition) is 3. The number of aromatic nitrogens is 1. The Morgan fingerprint density at radius 2 is 1.67 bits per heavy atom. The number of halogens is 3. The molecule has 1 fully saturated rings. The summed E-state index contributed by atoms with van der Waals surface area (Å²) >= 11 is 0. The molecule has 3 aromatic rings. The average Bonchev–Trinajstić information content (AvgIpc) is 3.24. The van der Waals surface area contributed by atoms with E-state index in [1.54, 1.807) is 35.2 Å². The molecular weight excluding hydrogens is 441 g/mol. The second-order valence-electron chi connectivity index (χ2n) is 7.34. The van der Waals surface area contributed by atoms with Gasteiger partial charge in [-0.05, 0) is 48.5 Å². The first-order valence-electron chi connectivity index (χ1n) is 9.87. The lowest BCUT2D eigenvalue weighted by molar-refractivity contribution is -0.274. The van der Waals surface area contributed by atoms with Crippen LogP contribution in [0.5, 0.6) is 5.75 Å². The summed E-state index contributed by atoms with van der Waals surface area (Å²) in [6.07, 6.45) is -1.26. The molecule has 2 heterocycles. The second kappa shape index (κ2) is 8.77. The molecule has 4 rings (SSSR count). The number of nitrogens with one attached hydrogen (secondary N) is 2. The third kappa shape index (κ3) is 5.20. The number of rotatable bonds is 6. The Balaban J connectivity index is 1.36. The number of urea groups is 1. The Labute approximate surface area is 186 Å². The van der Waals surface area contributed by atoms with Crippen LogP contribution in [-0.4, -0.2) is 47.2 Å². The number of benzene rings is 2. The third-order valence-corrected chi connectivity index (χ3v) is 5.01. The van der Waals surface area contributed by atoms with Crippen LogP contribution in [0, 0.1) is 0 Å². The first-order chi connectivity index (χ1) is 15.7. The molecule has 0 atom stereocenters. The maximum absolute atomic E-state index is 12.2. The molecular formula is C22H19F3N4O4. The molecule has 0 unspecified atom stereocenters. The Bertz CT molecular complexity index is 1140. The summed E-state index contributed by atoms with van der Waals surface area (Å²) in [6.45, 7) is 0.923. The van der Waals surface area contributed by atoms with E-state index >= 15 is 0 Å². The summed E-state index contributed by atoms with van der Waals surface area (Å²) in [5.41, 5.74) is 1.74. The summed E-state index contributed by atoms with van der Waals surface area (Å²) < 4.78 is 42.2. The molecule has 2 aromatic carbocycles. The highest BCUT2D eigenvalue weighted by Gasteiger charge is 2.32. The number of carboxylic acids is 1. The lowest BCUT2D eigenvalue weighted by Gasteiger charge is -2.42. The van der Waals surface area contributed by atoms with E-state index in [-0.39, 0.29) is 17.4 Å². The van der Waals surface area contributed by atoms with Gasteiger partial charge < -0.3 is 29.9 Å². The first-order valence-corrected chi connectivity index (χ1v) is 9.87. The third-order valence-electron chi connectivity index (χ3n) is 5.01. The summed E-state index contributed by atoms with van der Waals surface area (Å²) in [7, 11) is 0. The topological polar surface area (TPSA) is 95.8 Å². The van der Waals surface area contributed by atoms with Crippen molar-refractivity contribution >= 4 is 23.4 Å². The van der Waals surface area contributed by atoms with E-state index in [1.165, 1.54) is 18.2 Å². The van der Waals surface area contributed by atoms with Gasteiger partial charge in [0.2, 0.25) is 0 Å². The Morgan fingerprint density at radius 1 is 1.00 bits per heavy atom. The molecule has 1 aromatic heterocycles. The number of carbonyl (C=O) groups excluding carboxylic acids is 1. The standard InChI is InChI=1S/C22H19F3N4O4/c23-22(24,25)33-16-8-6-14(7-9-16)26-21(32)27-15-12-29(13-15)18-5-3-4-17(20(30)31)19(18)28-10-1-2-11-28/h1-11,15H,12-13H2,(H,30,31)(H2,26,27,32). The van der Waals surface area contributed by atoms with Crippen LogP contribution < -0.4 is 20.3 Å². The van der Waals surface area contributed by atoms with Crippen molar-refractivity contribution in [2.45, 2.75) is 12.4 Å². The number of hydrogen-bond acceptors (Lipinski definition) is 4. The van der Waals surface area contributed by atoms with Crippen LogP contribution >= 0.6 is 0 Å². The average molecular weight is 460 g/mol. The monoisotopic (exact) mass is 460 g/mol. The van der Waals surface area contributed by atoms with E-state index in [4.69, 9.17) is 0 Å². The zero-order valence-electron chi connectivity index (χ0n) is 17.0. The second-order valence-corrected chi connectivity index (χ2v) is 7.34. The van der Waals surface area contributed by atoms with E-state index in [0.29, 0.717) is 24.5 Å². The molecule has 33 heavy (non-hydrogen) atoms. The molecule has 8 nitrogen and oxygen atoms in total. The maximum Gasteiger partial charge on any atom is 0.573 e. The Morgan fingerprint density at radius 3 is 2.27 bits per heavy atom. The first kappa shape index (κ1) is 22.1. The van der Waals surface area contributed by atoms with Crippen molar-refractivity contribution in [2.75, 3.05) is 23.3 Å². The summed E-state index contributed by atoms with van der Waals surface area (Å²) in [5, 5.41) is 14.9. The fraction of sp³-hybridized carbons (Fsp3) is 0.182. The highest BCUT2D eigenvalue weighted by atomic mass is 19.4. The molecule has 1 saturated heterocycles. The number of para-hydroxylation sites is 1. The fourth-order valence-corrected chi connectivity index (χ4v) is 3.57. The van der Waals surface area contributed by atoms with Gasteiger partial charge in [-0.15, -0.1) is 13.2 Å². The molecule has 0 saturated carbocycles. The molecule has 0 spiro atoms. The molecule has 172 valence electrons. The van der Waals surface area contributed by atoms with Gasteiger partial charge in [0, 0.05) is 31.2 Å². The molecule has 1 aliphatic rings. The quantitative estimate of drug-likeness (QED) is 0.515. The zero-order chi connectivity index (χ0) is 23.6. The van der Waals surface area contributed by atoms with E-state index in [2.05, 4.69) is 15.4 Å². The number of ether oxygens (including phenoxy) is 1. The van der Waals surface area contributed by atoms with Crippen LogP contribution in [-0.2, 0) is 0 Å². The van der Waals surface area contributed by atoms with Gasteiger partial charge in [0.1, 0.15) is 5.75 Å². The summed E-state index contributed by atoms with van der Waals surface area (Å²) in [5.74, 6) is -1.42. The number of amides is 2. The van der Waals surface area contributed by atoms with E-state index in [1.807, 2.05) is 11.0 Å². The number of nitrogens with zero attached hydrogens (tertiary/aromatic N) is 2. The van der Waals surface area contributed by atoms with Crippen molar-refractivity contribution in [3.05, 3.63) is 72.6 Å². The van der Waals surface area contributed by atoms with E-state index < -0.39 is 18.4 Å². The number of alkyl halides is 3. The molecule has 2 amide bonds. The van der Waals surface area contributed by atoms with Gasteiger partial charge in [-0.3, -0.25) is 0 Å². The minimum atomic E-state index is -4.78. The van der Waals surface area contributed by atoms with Crippen LogP contribution in [0.15, 0.2) is 67.0 Å². The van der Waals surface area contributed by atoms with E-state index in [0.717, 1.165) is 17.8 Å². The van der Waals surface area contributed by atoms with Crippen LogP contribution in [0.2, 0.25) is 0 Å². The molecule has 3 N–H and O–H groups in total. The molecule has 0 radical (unpaired) electrons. The molecule has 1 aliphatic heterocycles. The van der Waals surface area contributed by atoms with Crippen molar-refractivity contribution in [3.63, 3.8) is 0 Å². The van der Waals surface area contributed by atoms with Crippen LogP contribution in [0.1, 0.15) is 10.4 Å². The van der Waals surface area contributed by atoms with Gasteiger partial charge in [0.05, 0.1) is 23.0 Å². The maximum atomic E-state index is 12.2. The predicted molar refractivity (Wildman–Crippen MR) is 114 cm³/mol. The number of anilines is 2. The highest BCUT2D eigenvalue weighted by Crippen LogP contribution is 2.31. The van der Waals surface area contributed by atoms with Crippen molar-refractivity contribution < 1.29 is 32.6 Å².